The Morgan fingerprint density at radius 1 is 1.30 bits per heavy atom. The molecule has 2 aromatic heterocycles. The molecule has 1 unspecified atom stereocenters. The summed E-state index contributed by atoms with van der Waals surface area (Å²) in [5, 5.41) is 4.18. The maximum absolute atomic E-state index is 13.2. The van der Waals surface area contributed by atoms with Crippen LogP contribution in [0.3, 0.4) is 0 Å². The number of aromatic nitrogens is 3. The summed E-state index contributed by atoms with van der Waals surface area (Å²) >= 11 is 1.41. The van der Waals surface area contributed by atoms with Crippen LogP contribution >= 0.6 is 11.3 Å². The lowest BCUT2D eigenvalue weighted by Gasteiger charge is -2.35. The van der Waals surface area contributed by atoms with Crippen molar-refractivity contribution in [2.45, 2.75) is 6.04 Å². The molecule has 1 aliphatic rings. The Morgan fingerprint density at radius 2 is 2.11 bits per heavy atom. The van der Waals surface area contributed by atoms with Gasteiger partial charge in [0.15, 0.2) is 0 Å². The number of aryl methyl sites for hydroxylation is 1. The highest BCUT2D eigenvalue weighted by Crippen LogP contribution is 2.29. The average molecular weight is 383 g/mol. The Bertz CT molecular complexity index is 934. The van der Waals surface area contributed by atoms with Gasteiger partial charge in [0.25, 0.3) is 5.91 Å². The van der Waals surface area contributed by atoms with Crippen molar-refractivity contribution >= 4 is 17.2 Å². The van der Waals surface area contributed by atoms with Crippen molar-refractivity contribution < 1.29 is 9.53 Å². The Hall–Kier alpha value is -2.71. The summed E-state index contributed by atoms with van der Waals surface area (Å²) in [6, 6.07) is 7.61. The van der Waals surface area contributed by atoms with Crippen molar-refractivity contribution in [2.24, 2.45) is 7.05 Å². The van der Waals surface area contributed by atoms with E-state index in [1.54, 1.807) is 19.5 Å². The van der Waals surface area contributed by atoms with Gasteiger partial charge < -0.3 is 19.5 Å². The molecule has 1 aliphatic heterocycles. The highest BCUT2D eigenvalue weighted by atomic mass is 32.1. The van der Waals surface area contributed by atoms with Gasteiger partial charge in [0.1, 0.15) is 27.5 Å². The van der Waals surface area contributed by atoms with Gasteiger partial charge in [-0.05, 0) is 24.3 Å². The summed E-state index contributed by atoms with van der Waals surface area (Å²) in [6.07, 6.45) is 5.34. The van der Waals surface area contributed by atoms with E-state index in [-0.39, 0.29) is 11.9 Å². The molecule has 27 heavy (non-hydrogen) atoms. The molecule has 3 heterocycles. The zero-order chi connectivity index (χ0) is 18.8. The molecular formula is C19H21N5O2S. The van der Waals surface area contributed by atoms with E-state index in [9.17, 15) is 4.79 Å². The second-order valence-electron chi connectivity index (χ2n) is 6.37. The van der Waals surface area contributed by atoms with Crippen LogP contribution in [0.2, 0.25) is 0 Å². The van der Waals surface area contributed by atoms with Crippen molar-refractivity contribution in [1.82, 2.24) is 24.8 Å². The molecule has 0 radical (unpaired) electrons. The summed E-state index contributed by atoms with van der Waals surface area (Å²) < 4.78 is 7.16. The van der Waals surface area contributed by atoms with Gasteiger partial charge in [-0.15, -0.1) is 11.3 Å². The minimum absolute atomic E-state index is 0.00163. The Balaban J connectivity index is 1.58. The lowest BCUT2D eigenvalue weighted by Crippen LogP contribution is -2.49. The first-order valence-corrected chi connectivity index (χ1v) is 9.58. The van der Waals surface area contributed by atoms with E-state index in [0.717, 1.165) is 28.7 Å². The summed E-state index contributed by atoms with van der Waals surface area (Å²) in [5.41, 5.74) is 0.973. The van der Waals surface area contributed by atoms with Gasteiger partial charge in [0.05, 0.1) is 13.3 Å². The van der Waals surface area contributed by atoms with Gasteiger partial charge in [0.2, 0.25) is 0 Å². The number of amides is 1. The Morgan fingerprint density at radius 3 is 2.81 bits per heavy atom. The van der Waals surface area contributed by atoms with Gasteiger partial charge in [-0.1, -0.05) is 0 Å². The van der Waals surface area contributed by atoms with E-state index in [1.807, 2.05) is 47.0 Å². The van der Waals surface area contributed by atoms with Crippen LogP contribution in [-0.2, 0) is 7.05 Å². The van der Waals surface area contributed by atoms with Gasteiger partial charge in [-0.2, -0.15) is 0 Å². The minimum Gasteiger partial charge on any atom is -0.497 e. The third-order valence-corrected chi connectivity index (χ3v) is 5.75. The number of benzene rings is 1. The van der Waals surface area contributed by atoms with E-state index in [0.29, 0.717) is 18.0 Å². The smallest absolute Gasteiger partial charge is 0.266 e. The fraction of sp³-hybridized carbons (Fsp3) is 0.316. The van der Waals surface area contributed by atoms with Crippen LogP contribution in [-0.4, -0.2) is 52.1 Å². The molecular weight excluding hydrogens is 362 g/mol. The Labute approximate surface area is 161 Å². The molecule has 7 nitrogen and oxygen atoms in total. The van der Waals surface area contributed by atoms with Gasteiger partial charge >= 0.3 is 0 Å². The zero-order valence-corrected chi connectivity index (χ0v) is 16.1. The third kappa shape index (κ3) is 3.45. The van der Waals surface area contributed by atoms with E-state index in [4.69, 9.17) is 4.74 Å². The molecule has 0 aliphatic carbocycles. The summed E-state index contributed by atoms with van der Waals surface area (Å²) in [4.78, 5) is 24.6. The van der Waals surface area contributed by atoms with Crippen molar-refractivity contribution in [3.63, 3.8) is 0 Å². The molecule has 0 bridgehead atoms. The number of carbonyl (C=O) groups excluding carboxylic acids is 1. The molecule has 1 fully saturated rings. The molecule has 0 spiro atoms. The number of thiazole rings is 1. The number of methoxy groups -OCH3 is 1. The first-order chi connectivity index (χ1) is 13.2. The fourth-order valence-electron chi connectivity index (χ4n) is 3.26. The fourth-order valence-corrected chi connectivity index (χ4v) is 4.14. The number of nitrogens with zero attached hydrogens (tertiary/aromatic N) is 4. The van der Waals surface area contributed by atoms with Crippen LogP contribution in [0.25, 0.3) is 10.6 Å². The van der Waals surface area contributed by atoms with Crippen LogP contribution in [0.5, 0.6) is 5.75 Å². The number of hydrogen-bond acceptors (Lipinski definition) is 6. The normalized spacial score (nSPS) is 17.1. The van der Waals surface area contributed by atoms with Crippen LogP contribution in [0.1, 0.15) is 21.5 Å². The van der Waals surface area contributed by atoms with E-state index >= 15 is 0 Å². The van der Waals surface area contributed by atoms with E-state index in [1.165, 1.54) is 11.3 Å². The lowest BCUT2D eigenvalue weighted by atomic mass is 10.1. The maximum Gasteiger partial charge on any atom is 0.266 e. The largest absolute Gasteiger partial charge is 0.497 e. The molecule has 8 heteroatoms. The average Bonchev–Trinajstić information content (AvgIpc) is 3.37. The molecule has 1 amide bonds. The monoisotopic (exact) mass is 383 g/mol. The number of hydrogen-bond donors (Lipinski definition) is 1. The highest BCUT2D eigenvalue weighted by Gasteiger charge is 2.32. The highest BCUT2D eigenvalue weighted by molar-refractivity contribution is 7.16. The van der Waals surface area contributed by atoms with Gasteiger partial charge in [-0.25, -0.2) is 9.97 Å². The first kappa shape index (κ1) is 17.7. The van der Waals surface area contributed by atoms with Crippen LogP contribution in [0.15, 0.2) is 42.9 Å². The molecule has 1 saturated heterocycles. The molecule has 1 aromatic carbocycles. The molecule has 140 valence electrons. The zero-order valence-electron chi connectivity index (χ0n) is 15.3. The number of carbonyl (C=O) groups is 1. The van der Waals surface area contributed by atoms with Crippen molar-refractivity contribution in [1.29, 1.82) is 0 Å². The van der Waals surface area contributed by atoms with E-state index in [2.05, 4.69) is 15.3 Å². The molecule has 1 atom stereocenters. The quantitative estimate of drug-likeness (QED) is 0.749. The molecule has 1 N–H and O–H groups in total. The van der Waals surface area contributed by atoms with Gasteiger partial charge in [-0.3, -0.25) is 4.79 Å². The summed E-state index contributed by atoms with van der Waals surface area (Å²) in [5.74, 6) is 1.68. The van der Waals surface area contributed by atoms with Crippen molar-refractivity contribution in [3.05, 3.63) is 53.6 Å². The van der Waals surface area contributed by atoms with Gasteiger partial charge in [0, 0.05) is 44.6 Å². The summed E-state index contributed by atoms with van der Waals surface area (Å²) in [7, 11) is 3.59. The maximum atomic E-state index is 13.2. The predicted molar refractivity (Wildman–Crippen MR) is 104 cm³/mol. The van der Waals surface area contributed by atoms with Crippen LogP contribution in [0.4, 0.5) is 0 Å². The topological polar surface area (TPSA) is 72.3 Å². The number of nitrogens with one attached hydrogen (secondary N) is 1. The lowest BCUT2D eigenvalue weighted by molar-refractivity contribution is 0.0625. The van der Waals surface area contributed by atoms with Crippen molar-refractivity contribution in [3.8, 4) is 16.3 Å². The Kier molecular flexibility index (Phi) is 4.91. The minimum atomic E-state index is -0.0854. The number of ether oxygens (including phenoxy) is 1. The first-order valence-electron chi connectivity index (χ1n) is 8.76. The standard InChI is InChI=1S/C19H21N5O2S/c1-23-9-8-21-17(23)15-11-20-7-10-24(15)19(25)16-12-22-18(27-16)13-3-5-14(26-2)6-4-13/h3-6,8-9,12,15,20H,7,10-11H2,1-2H3. The van der Waals surface area contributed by atoms with Crippen LogP contribution < -0.4 is 10.1 Å². The number of imidazole rings is 1. The molecule has 0 saturated carbocycles. The predicted octanol–water partition coefficient (Wildman–Crippen LogP) is 2.34. The van der Waals surface area contributed by atoms with E-state index < -0.39 is 0 Å². The molecule has 4 rings (SSSR count). The molecule has 3 aromatic rings. The number of piperazine rings is 1. The van der Waals surface area contributed by atoms with Crippen LogP contribution in [0, 0.1) is 0 Å². The third-order valence-electron chi connectivity index (χ3n) is 4.71. The SMILES string of the molecule is COc1ccc(-c2ncc(C(=O)N3CCNCC3c3nccn3C)s2)cc1. The number of rotatable bonds is 4. The second kappa shape index (κ2) is 7.50. The second-order valence-corrected chi connectivity index (χ2v) is 7.40. The van der Waals surface area contributed by atoms with Crippen molar-refractivity contribution in [2.75, 3.05) is 26.7 Å². The summed E-state index contributed by atoms with van der Waals surface area (Å²) in [6.45, 7) is 2.11.